The minimum absolute atomic E-state index is 0. The molecule has 0 saturated carbocycles. The van der Waals surface area contributed by atoms with E-state index in [4.69, 9.17) is 9.47 Å². The third-order valence-corrected chi connectivity index (χ3v) is 22.3. The molecule has 0 bridgehead atoms. The summed E-state index contributed by atoms with van der Waals surface area (Å²) in [7, 11) is -7.97. The molecule has 0 fully saturated rings. The molecular weight excluding hydrogens is 1210 g/mol. The van der Waals surface area contributed by atoms with E-state index in [9.17, 15) is 45.5 Å². The Kier molecular flexibility index (Phi) is 20.1. The number of methoxy groups -OCH3 is 2. The molecule has 71 heavy (non-hydrogen) atoms. The second-order valence-corrected chi connectivity index (χ2v) is 36.9. The summed E-state index contributed by atoms with van der Waals surface area (Å²) in [4.78, 5) is 28.0. The number of halogens is 2. The van der Waals surface area contributed by atoms with Crippen molar-refractivity contribution in [2.24, 2.45) is 0 Å². The molecule has 0 atom stereocenters. The monoisotopic (exact) mass is 1260 g/mol. The topological polar surface area (TPSA) is 222 Å². The number of hydrogen-bond acceptors (Lipinski definition) is 12. The van der Waals surface area contributed by atoms with E-state index in [0.717, 1.165) is 7.68 Å². The van der Waals surface area contributed by atoms with E-state index in [-0.39, 0.29) is 40.1 Å². The molecule has 0 radical (unpaired) electrons. The van der Waals surface area contributed by atoms with Crippen LogP contribution in [-0.2, 0) is 30.1 Å². The van der Waals surface area contributed by atoms with Crippen LogP contribution < -0.4 is 13.2 Å². The van der Waals surface area contributed by atoms with Gasteiger partial charge in [0.1, 0.15) is 0 Å². The Morgan fingerprint density at radius 1 is 0.493 bits per heavy atom. The van der Waals surface area contributed by atoms with Crippen molar-refractivity contribution >= 4 is 95.4 Å². The van der Waals surface area contributed by atoms with E-state index in [0.29, 0.717) is 25.2 Å². The molecule has 8 aromatic rings. The van der Waals surface area contributed by atoms with E-state index in [1.54, 1.807) is 121 Å². The molecule has 3 heterocycles. The van der Waals surface area contributed by atoms with Crippen LogP contribution in [0, 0.1) is 20.2 Å². The average molecular weight is 1260 g/mol. The number of ether oxygens (including phenoxy) is 2. The first kappa shape index (κ1) is 57.5. The Morgan fingerprint density at radius 2 is 0.887 bits per heavy atom. The van der Waals surface area contributed by atoms with Crippen LogP contribution in [0.2, 0.25) is 14.8 Å². The van der Waals surface area contributed by atoms with Crippen LogP contribution in [0.4, 0.5) is 11.4 Å². The Labute approximate surface area is 433 Å². The molecular formula is C48H49Br2N5O12S3Sn. The third-order valence-electron chi connectivity index (χ3n) is 9.77. The van der Waals surface area contributed by atoms with E-state index in [2.05, 4.69) is 46.7 Å². The molecule has 0 aliphatic heterocycles. The van der Waals surface area contributed by atoms with Gasteiger partial charge in [0.15, 0.2) is 11.5 Å². The Morgan fingerprint density at radius 3 is 1.32 bits per heavy atom. The summed E-state index contributed by atoms with van der Waals surface area (Å²) >= 11 is 3.88. The van der Waals surface area contributed by atoms with Gasteiger partial charge in [-0.1, -0.05) is 59.8 Å². The summed E-state index contributed by atoms with van der Waals surface area (Å²) in [5, 5.41) is 21.6. The first-order valence-electron chi connectivity index (χ1n) is 20.5. The maximum absolute atomic E-state index is 12.8. The summed E-state index contributed by atoms with van der Waals surface area (Å²) in [6.07, 6.45) is 4.57. The second-order valence-electron chi connectivity index (χ2n) is 15.4. The number of nitro groups is 2. The summed E-state index contributed by atoms with van der Waals surface area (Å²) in [6.45, 7) is 0. The predicted octanol–water partition coefficient (Wildman–Crippen LogP) is 11.1. The molecule has 3 aromatic heterocycles. The molecule has 8 rings (SSSR count). The Bertz CT molecular complexity index is 3420. The van der Waals surface area contributed by atoms with Crippen molar-refractivity contribution < 1.29 is 44.6 Å². The van der Waals surface area contributed by atoms with Crippen LogP contribution in [0.1, 0.15) is 7.43 Å². The van der Waals surface area contributed by atoms with E-state index >= 15 is 0 Å². The number of nitrogens with zero attached hydrogens (tertiary/aromatic N) is 5. The van der Waals surface area contributed by atoms with E-state index in [1.807, 2.05) is 18.2 Å². The van der Waals surface area contributed by atoms with Crippen molar-refractivity contribution in [3.8, 4) is 22.8 Å². The number of hydrogen-bond donors (Lipinski definition) is 0. The van der Waals surface area contributed by atoms with Crippen LogP contribution in [-0.4, -0.2) is 79.6 Å². The van der Waals surface area contributed by atoms with Crippen LogP contribution in [0.25, 0.3) is 11.3 Å². The summed E-state index contributed by atoms with van der Waals surface area (Å²) < 4.78 is 90.6. The minimum atomic E-state index is -3.81. The molecule has 23 heteroatoms. The van der Waals surface area contributed by atoms with Crippen LogP contribution in [0.15, 0.2) is 206 Å². The van der Waals surface area contributed by atoms with Crippen molar-refractivity contribution in [3.05, 3.63) is 212 Å². The number of nitro benzene ring substituents is 2. The molecule has 0 aliphatic carbocycles. The van der Waals surface area contributed by atoms with Crippen molar-refractivity contribution in [2.75, 3.05) is 14.2 Å². The van der Waals surface area contributed by atoms with Crippen molar-refractivity contribution in [1.82, 2.24) is 11.9 Å². The maximum atomic E-state index is 12.8. The summed E-state index contributed by atoms with van der Waals surface area (Å²) in [6, 6.07) is 44.1. The quantitative estimate of drug-likeness (QED) is 0.0633. The summed E-state index contributed by atoms with van der Waals surface area (Å²) in [5.41, 5.74) is 0.461. The molecule has 17 nitrogen and oxygen atoms in total. The normalized spacial score (nSPS) is 11.2. The second kappa shape index (κ2) is 24.9. The average Bonchev–Trinajstić information content (AvgIpc) is 4.16. The van der Waals surface area contributed by atoms with Gasteiger partial charge in [-0.2, -0.15) is 0 Å². The van der Waals surface area contributed by atoms with Crippen molar-refractivity contribution in [2.45, 2.75) is 36.9 Å². The zero-order valence-electron chi connectivity index (χ0n) is 37.9. The van der Waals surface area contributed by atoms with Gasteiger partial charge in [-0.25, -0.2) is 24.8 Å². The Hall–Kier alpha value is -6.05. The van der Waals surface area contributed by atoms with Gasteiger partial charge in [-0.05, 0) is 88.7 Å². The van der Waals surface area contributed by atoms with Crippen molar-refractivity contribution in [1.29, 1.82) is 0 Å². The fourth-order valence-corrected chi connectivity index (χ4v) is 18.2. The zero-order chi connectivity index (χ0) is 51.4. The first-order chi connectivity index (χ1) is 33.0. The van der Waals surface area contributed by atoms with Gasteiger partial charge in [0, 0.05) is 34.6 Å². The van der Waals surface area contributed by atoms with Crippen LogP contribution >= 0.6 is 31.9 Å². The van der Waals surface area contributed by atoms with Gasteiger partial charge in [-0.15, -0.1) is 0 Å². The van der Waals surface area contributed by atoms with Crippen LogP contribution in [0.5, 0.6) is 11.5 Å². The summed E-state index contributed by atoms with van der Waals surface area (Å²) in [5.74, 6) is 0.376. The first-order valence-corrected chi connectivity index (χ1v) is 36.4. The molecule has 0 unspecified atom stereocenters. The number of rotatable bonds is 12. The number of benzene rings is 5. The molecule has 374 valence electrons. The zero-order valence-corrected chi connectivity index (χ0v) is 46.4. The molecule has 0 N–H and O–H groups in total. The van der Waals surface area contributed by atoms with E-state index in [1.165, 1.54) is 64.9 Å². The predicted molar refractivity (Wildman–Crippen MR) is 284 cm³/mol. The fraction of sp³-hybridized carbons (Fsp3) is 0.125. The standard InChI is InChI=1S/C17H14N2O5S.C10H8BrNO2S.C10H8NO2S.C7H6BrNO3.CH4.3CH3.Sn/c1-24-17-10-9-13(12-16(17)19(20)21)15-8-5-11-18(15)25(22,23)14-6-3-2-4-7-14;11-10-7-4-8-12(10)15(13,14)9-5-2-1-3-6-9;12-14(13,11-8-4-5-9-11)10-6-2-1-3-7-10;1-12-7-3-2-5(8)4-6(7)9(10)11;;;;;/h2-12H,1H3;1-8H;1-8H;2-4H,1H3;1H4;3*1H3;. The van der Waals surface area contributed by atoms with Gasteiger partial charge in [-0.3, -0.25) is 20.2 Å². The molecule has 5 aromatic carbocycles. The van der Waals surface area contributed by atoms with Gasteiger partial charge >= 0.3 is 124 Å². The fourth-order valence-electron chi connectivity index (χ4n) is 6.41. The molecule has 0 spiro atoms. The molecule has 0 saturated heterocycles. The molecule has 0 aliphatic rings. The van der Waals surface area contributed by atoms with Crippen molar-refractivity contribution in [3.63, 3.8) is 0 Å². The van der Waals surface area contributed by atoms with E-state index < -0.39 is 58.3 Å². The van der Waals surface area contributed by atoms with Gasteiger partial charge in [0.25, 0.3) is 20.0 Å². The van der Waals surface area contributed by atoms with Crippen LogP contribution in [0.3, 0.4) is 0 Å². The molecule has 0 amide bonds. The van der Waals surface area contributed by atoms with Gasteiger partial charge in [0.05, 0.1) is 44.2 Å². The van der Waals surface area contributed by atoms with Gasteiger partial charge in [0.2, 0.25) is 0 Å². The number of aromatic nitrogens is 3. The third kappa shape index (κ3) is 14.1. The SMILES string of the molecule is C.COc1ccc(-c2cccn2S(=O)(=O)c2ccccc2)cc1[N+](=O)[O-].COc1ccc(Br)cc1[N+](=O)[O-].O=S(=O)(c1ccccc1)n1cccc1Br.[CH3][Sn]([CH3])([CH3])[c]1cccn1S(=O)(=O)c1ccccc1. The Balaban J connectivity index is 0.000000212. The van der Waals surface area contributed by atoms with Gasteiger partial charge < -0.3 is 9.47 Å².